The van der Waals surface area contributed by atoms with Crippen molar-refractivity contribution >= 4 is 11.7 Å². The molecule has 6 nitrogen and oxygen atoms in total. The first-order valence-corrected chi connectivity index (χ1v) is 12.3. The maximum absolute atomic E-state index is 13.2. The van der Waals surface area contributed by atoms with Gasteiger partial charge in [0.1, 0.15) is 5.75 Å². The highest BCUT2D eigenvalue weighted by Gasteiger charge is 2.49. The summed E-state index contributed by atoms with van der Waals surface area (Å²) in [7, 11) is 1.61. The van der Waals surface area contributed by atoms with Crippen molar-refractivity contribution in [1.29, 1.82) is 0 Å². The van der Waals surface area contributed by atoms with Gasteiger partial charge in [-0.2, -0.15) is 0 Å². The number of ether oxygens (including phenoxy) is 1. The molecule has 5 rings (SSSR count). The minimum absolute atomic E-state index is 0.0885. The van der Waals surface area contributed by atoms with Crippen molar-refractivity contribution in [3.63, 3.8) is 0 Å². The molecule has 2 aromatic rings. The van der Waals surface area contributed by atoms with E-state index in [9.17, 15) is 9.90 Å². The molecular formula is C28H33N3O3. The van der Waals surface area contributed by atoms with Crippen LogP contribution in [0.4, 0.5) is 10.5 Å². The van der Waals surface area contributed by atoms with Gasteiger partial charge in [-0.3, -0.25) is 4.90 Å². The van der Waals surface area contributed by atoms with Gasteiger partial charge in [-0.25, -0.2) is 4.79 Å². The number of hydrogen-bond acceptors (Lipinski definition) is 4. The van der Waals surface area contributed by atoms with E-state index >= 15 is 0 Å². The number of para-hydroxylation sites is 2. The Hall–Kier alpha value is -3.01. The summed E-state index contributed by atoms with van der Waals surface area (Å²) in [6.07, 6.45) is 4.40. The van der Waals surface area contributed by atoms with E-state index in [0.717, 1.165) is 31.5 Å². The van der Waals surface area contributed by atoms with Crippen LogP contribution in [-0.4, -0.2) is 66.4 Å². The highest BCUT2D eigenvalue weighted by Crippen LogP contribution is 2.42. The molecule has 2 amide bonds. The molecule has 2 heterocycles. The monoisotopic (exact) mass is 459 g/mol. The summed E-state index contributed by atoms with van der Waals surface area (Å²) in [5.74, 6) is 8.02. The quantitative estimate of drug-likeness (QED) is 0.681. The molecule has 3 fully saturated rings. The van der Waals surface area contributed by atoms with Gasteiger partial charge in [0.15, 0.2) is 0 Å². The Labute approximate surface area is 201 Å². The lowest BCUT2D eigenvalue weighted by Crippen LogP contribution is -2.68. The van der Waals surface area contributed by atoms with E-state index in [0.29, 0.717) is 23.9 Å². The molecule has 34 heavy (non-hydrogen) atoms. The molecule has 0 unspecified atom stereocenters. The molecule has 3 atom stereocenters. The first-order chi connectivity index (χ1) is 16.7. The lowest BCUT2D eigenvalue weighted by atomic mass is 9.74. The third-order valence-corrected chi connectivity index (χ3v) is 7.30. The van der Waals surface area contributed by atoms with Gasteiger partial charge in [0.05, 0.1) is 19.4 Å². The number of anilines is 1. The fourth-order valence-corrected chi connectivity index (χ4v) is 5.27. The third-order valence-electron chi connectivity index (χ3n) is 7.30. The summed E-state index contributed by atoms with van der Waals surface area (Å²) >= 11 is 0. The van der Waals surface area contributed by atoms with Crippen LogP contribution >= 0.6 is 0 Å². The summed E-state index contributed by atoms with van der Waals surface area (Å²) in [6, 6.07) is 16.1. The highest BCUT2D eigenvalue weighted by molar-refractivity contribution is 5.91. The van der Waals surface area contributed by atoms with Crippen LogP contribution in [0.3, 0.4) is 0 Å². The first kappa shape index (κ1) is 22.8. The molecule has 178 valence electrons. The number of methoxy groups -OCH3 is 1. The number of hydrogen-bond donors (Lipinski definition) is 2. The zero-order valence-corrected chi connectivity index (χ0v) is 19.7. The van der Waals surface area contributed by atoms with E-state index in [1.54, 1.807) is 7.11 Å². The second-order valence-electron chi connectivity index (χ2n) is 9.53. The van der Waals surface area contributed by atoms with Gasteiger partial charge >= 0.3 is 6.03 Å². The fraction of sp³-hybridized carbons (Fsp3) is 0.464. The predicted octanol–water partition coefficient (Wildman–Crippen LogP) is 3.91. The van der Waals surface area contributed by atoms with Gasteiger partial charge in [0.2, 0.25) is 0 Å². The normalized spacial score (nSPS) is 24.5. The number of benzene rings is 2. The molecule has 2 aliphatic heterocycles. The van der Waals surface area contributed by atoms with E-state index < -0.39 is 0 Å². The van der Waals surface area contributed by atoms with Crippen molar-refractivity contribution in [2.75, 3.05) is 38.7 Å². The molecular weight excluding hydrogens is 426 g/mol. The summed E-state index contributed by atoms with van der Waals surface area (Å²) in [5, 5.41) is 13.2. The number of aliphatic hydroxyl groups excluding tert-OH is 1. The van der Waals surface area contributed by atoms with E-state index in [2.05, 4.69) is 46.3 Å². The van der Waals surface area contributed by atoms with Crippen molar-refractivity contribution < 1.29 is 14.6 Å². The summed E-state index contributed by atoms with van der Waals surface area (Å²) < 4.78 is 5.40. The Morgan fingerprint density at radius 3 is 2.62 bits per heavy atom. The Morgan fingerprint density at radius 2 is 1.88 bits per heavy atom. The number of fused-ring (bicyclic) bond motifs is 1. The number of nitrogens with one attached hydrogen (secondary N) is 1. The van der Waals surface area contributed by atoms with Crippen molar-refractivity contribution in [2.45, 2.75) is 43.7 Å². The van der Waals surface area contributed by atoms with Crippen LogP contribution in [0.2, 0.25) is 0 Å². The van der Waals surface area contributed by atoms with Crippen molar-refractivity contribution in [3.8, 4) is 17.6 Å². The Kier molecular flexibility index (Phi) is 6.75. The topological polar surface area (TPSA) is 65.0 Å². The van der Waals surface area contributed by atoms with Crippen LogP contribution in [-0.2, 0) is 0 Å². The molecule has 0 radical (unpaired) electrons. The lowest BCUT2D eigenvalue weighted by Gasteiger charge is -2.57. The number of urea groups is 1. The molecule has 1 saturated carbocycles. The Bertz CT molecular complexity index is 1070. The number of rotatable bonds is 4. The van der Waals surface area contributed by atoms with Crippen LogP contribution in [0, 0.1) is 17.8 Å². The SMILES string of the molecule is COc1ccccc1NC(=O)N1CCCCN2[C@@H](CO)[C@H](c3ccc(C#CC4CC4)cc3)[C@@H]2C1. The number of carbonyl (C=O) groups excluding carboxylic acids is 1. The van der Waals surface area contributed by atoms with Gasteiger partial charge in [-0.05, 0) is 62.1 Å². The zero-order valence-electron chi connectivity index (χ0n) is 19.7. The molecule has 2 aromatic carbocycles. The molecule has 2 N–H and O–H groups in total. The maximum Gasteiger partial charge on any atom is 0.322 e. The lowest BCUT2D eigenvalue weighted by molar-refractivity contribution is -0.0585. The standard InChI is InChI=1S/C28H33N3O3/c1-34-26-7-3-2-6-23(26)29-28(33)30-16-4-5-17-31-24(18-30)27(25(31)19-32)22-14-12-21(13-15-22)11-10-20-8-9-20/h2-3,6-7,12-15,20,24-25,27,32H,4-5,8-9,16-19H2,1H3,(H,29,33)/t24-,25-,27+/m0/s1. The van der Waals surface area contributed by atoms with Crippen LogP contribution in [0.1, 0.15) is 42.7 Å². The van der Waals surface area contributed by atoms with Gasteiger partial charge < -0.3 is 20.1 Å². The van der Waals surface area contributed by atoms with Gasteiger partial charge in [-0.15, -0.1) is 0 Å². The van der Waals surface area contributed by atoms with Gasteiger partial charge in [-0.1, -0.05) is 36.1 Å². The second-order valence-corrected chi connectivity index (χ2v) is 9.53. The van der Waals surface area contributed by atoms with Crippen LogP contribution in [0.5, 0.6) is 5.75 Å². The summed E-state index contributed by atoms with van der Waals surface area (Å²) in [6.45, 7) is 2.43. The largest absolute Gasteiger partial charge is 0.495 e. The summed E-state index contributed by atoms with van der Waals surface area (Å²) in [5.41, 5.74) is 2.93. The van der Waals surface area contributed by atoms with Crippen LogP contribution in [0.15, 0.2) is 48.5 Å². The van der Waals surface area contributed by atoms with Gasteiger partial charge in [0.25, 0.3) is 0 Å². The molecule has 0 aromatic heterocycles. The molecule has 2 saturated heterocycles. The Balaban J connectivity index is 1.32. The molecule has 6 heteroatoms. The molecule has 0 bridgehead atoms. The minimum Gasteiger partial charge on any atom is -0.495 e. The maximum atomic E-state index is 13.2. The average Bonchev–Trinajstić information content (AvgIpc) is 3.67. The van der Waals surface area contributed by atoms with E-state index in [1.807, 2.05) is 29.2 Å². The molecule has 1 aliphatic carbocycles. The van der Waals surface area contributed by atoms with E-state index in [1.165, 1.54) is 18.4 Å². The third kappa shape index (κ3) is 4.77. The van der Waals surface area contributed by atoms with E-state index in [4.69, 9.17) is 4.74 Å². The van der Waals surface area contributed by atoms with Crippen LogP contribution < -0.4 is 10.1 Å². The minimum atomic E-state index is -0.108. The summed E-state index contributed by atoms with van der Waals surface area (Å²) in [4.78, 5) is 17.5. The number of aliphatic hydroxyl groups is 1. The molecule has 3 aliphatic rings. The number of nitrogens with zero attached hydrogens (tertiary/aromatic N) is 2. The number of carbonyl (C=O) groups is 1. The Morgan fingerprint density at radius 1 is 1.12 bits per heavy atom. The van der Waals surface area contributed by atoms with Gasteiger partial charge in [0, 0.05) is 42.6 Å². The molecule has 0 spiro atoms. The van der Waals surface area contributed by atoms with Crippen molar-refractivity contribution in [2.24, 2.45) is 5.92 Å². The number of amides is 2. The highest BCUT2D eigenvalue weighted by atomic mass is 16.5. The first-order valence-electron chi connectivity index (χ1n) is 12.3. The predicted molar refractivity (Wildman–Crippen MR) is 133 cm³/mol. The smallest absolute Gasteiger partial charge is 0.322 e. The van der Waals surface area contributed by atoms with E-state index in [-0.39, 0.29) is 30.6 Å². The van der Waals surface area contributed by atoms with Crippen molar-refractivity contribution in [1.82, 2.24) is 9.80 Å². The average molecular weight is 460 g/mol. The second kappa shape index (κ2) is 10.1. The van der Waals surface area contributed by atoms with Crippen LogP contribution in [0.25, 0.3) is 0 Å². The van der Waals surface area contributed by atoms with Crippen molar-refractivity contribution in [3.05, 3.63) is 59.7 Å². The zero-order chi connectivity index (χ0) is 23.5. The fourth-order valence-electron chi connectivity index (χ4n) is 5.27.